The molecule has 90 valence electrons. The van der Waals surface area contributed by atoms with Gasteiger partial charge in [0.25, 0.3) is 0 Å². The summed E-state index contributed by atoms with van der Waals surface area (Å²) in [7, 11) is -1.56. The smallest absolute Gasteiger partial charge is 0.215 e. The molecule has 0 aromatic heterocycles. The summed E-state index contributed by atoms with van der Waals surface area (Å²) in [4.78, 5) is 0. The highest BCUT2D eigenvalue weighted by molar-refractivity contribution is 7.89. The Hall–Kier alpha value is -0.390. The average molecular weight is 234 g/mol. The van der Waals surface area contributed by atoms with Gasteiger partial charge in [-0.2, -0.15) is 0 Å². The normalized spacial score (nSPS) is 12.4. The lowest BCUT2D eigenvalue weighted by Gasteiger charge is -2.17. The van der Waals surface area contributed by atoms with Gasteiger partial charge >= 0.3 is 0 Å². The summed E-state index contributed by atoms with van der Waals surface area (Å²) in [5.41, 5.74) is 0.845. The van der Waals surface area contributed by atoms with Crippen molar-refractivity contribution in [2.45, 2.75) is 26.8 Å². The van der Waals surface area contributed by atoms with Crippen molar-refractivity contribution in [3.05, 3.63) is 12.2 Å². The summed E-state index contributed by atoms with van der Waals surface area (Å²) in [6.07, 6.45) is 0. The van der Waals surface area contributed by atoms with E-state index in [9.17, 15) is 8.42 Å². The van der Waals surface area contributed by atoms with Gasteiger partial charge in [-0.3, -0.25) is 0 Å². The quantitative estimate of drug-likeness (QED) is 0.664. The molecule has 5 heteroatoms. The first-order valence-electron chi connectivity index (χ1n) is 5.07. The Morgan fingerprint density at radius 1 is 1.47 bits per heavy atom. The van der Waals surface area contributed by atoms with Gasteiger partial charge in [0.05, 0.1) is 5.75 Å². The molecule has 0 unspecified atom stereocenters. The Morgan fingerprint density at radius 3 is 2.40 bits per heavy atom. The Kier molecular flexibility index (Phi) is 6.09. The molecular formula is C10H22N2O2S. The Balaban J connectivity index is 4.12. The molecular weight excluding hydrogens is 212 g/mol. The first kappa shape index (κ1) is 14.6. The van der Waals surface area contributed by atoms with Crippen molar-refractivity contribution in [1.82, 2.24) is 9.62 Å². The highest BCUT2D eigenvalue weighted by Crippen LogP contribution is 2.01. The first-order valence-corrected chi connectivity index (χ1v) is 6.68. The summed E-state index contributed by atoms with van der Waals surface area (Å²) in [6.45, 7) is 10.4. The van der Waals surface area contributed by atoms with E-state index in [0.29, 0.717) is 19.1 Å². The van der Waals surface area contributed by atoms with Crippen molar-refractivity contribution < 1.29 is 8.42 Å². The van der Waals surface area contributed by atoms with Crippen LogP contribution in [0.4, 0.5) is 0 Å². The topological polar surface area (TPSA) is 49.4 Å². The molecule has 0 heterocycles. The van der Waals surface area contributed by atoms with Gasteiger partial charge in [-0.25, -0.2) is 12.7 Å². The molecule has 0 aromatic rings. The summed E-state index contributed by atoms with van der Waals surface area (Å²) < 4.78 is 24.7. The van der Waals surface area contributed by atoms with E-state index in [4.69, 9.17) is 0 Å². The van der Waals surface area contributed by atoms with Crippen molar-refractivity contribution in [2.75, 3.05) is 25.9 Å². The van der Waals surface area contributed by atoms with Gasteiger partial charge in [0, 0.05) is 26.2 Å². The number of sulfonamides is 1. The molecule has 0 saturated carbocycles. The molecule has 1 N–H and O–H groups in total. The fraction of sp³-hybridized carbons (Fsp3) is 0.800. The van der Waals surface area contributed by atoms with Gasteiger partial charge in [-0.15, -0.1) is 0 Å². The maximum atomic E-state index is 11.7. The molecule has 0 amide bonds. The van der Waals surface area contributed by atoms with Gasteiger partial charge in [0.1, 0.15) is 0 Å². The maximum Gasteiger partial charge on any atom is 0.215 e. The van der Waals surface area contributed by atoms with Crippen LogP contribution < -0.4 is 5.32 Å². The lowest BCUT2D eigenvalue weighted by molar-refractivity contribution is 0.488. The number of likely N-dealkylation sites (N-methyl/N-ethyl adjacent to an activating group) is 1. The minimum absolute atomic E-state index is 0.134. The van der Waals surface area contributed by atoms with Crippen molar-refractivity contribution in [3.8, 4) is 0 Å². The molecule has 0 aliphatic rings. The van der Waals surface area contributed by atoms with E-state index in [-0.39, 0.29) is 5.75 Å². The third-order valence-electron chi connectivity index (χ3n) is 1.88. The fourth-order valence-corrected chi connectivity index (χ4v) is 2.22. The van der Waals surface area contributed by atoms with E-state index in [0.717, 1.165) is 5.57 Å². The van der Waals surface area contributed by atoms with Crippen molar-refractivity contribution in [3.63, 3.8) is 0 Å². The molecule has 0 aromatic carbocycles. The number of nitrogens with one attached hydrogen (secondary N) is 1. The van der Waals surface area contributed by atoms with E-state index in [2.05, 4.69) is 11.9 Å². The van der Waals surface area contributed by atoms with E-state index in [1.54, 1.807) is 7.05 Å². The number of rotatable bonds is 7. The maximum absolute atomic E-state index is 11.7. The van der Waals surface area contributed by atoms with Crippen LogP contribution in [0.5, 0.6) is 0 Å². The van der Waals surface area contributed by atoms with Crippen LogP contribution in [0, 0.1) is 0 Å². The van der Waals surface area contributed by atoms with Gasteiger partial charge in [-0.1, -0.05) is 26.0 Å². The van der Waals surface area contributed by atoms with E-state index in [1.807, 2.05) is 20.8 Å². The van der Waals surface area contributed by atoms with Crippen LogP contribution in [-0.4, -0.2) is 44.7 Å². The minimum atomic E-state index is -3.14. The molecule has 0 bridgehead atoms. The van der Waals surface area contributed by atoms with Gasteiger partial charge in [-0.05, 0) is 6.92 Å². The second-order valence-electron chi connectivity index (χ2n) is 4.14. The molecule has 0 saturated heterocycles. The van der Waals surface area contributed by atoms with Crippen molar-refractivity contribution in [2.24, 2.45) is 0 Å². The Labute approximate surface area is 93.4 Å². The number of hydrogen-bond acceptors (Lipinski definition) is 3. The second-order valence-corrected chi connectivity index (χ2v) is 6.33. The van der Waals surface area contributed by atoms with Crippen LogP contribution in [0.25, 0.3) is 0 Å². The molecule has 4 nitrogen and oxygen atoms in total. The third-order valence-corrected chi connectivity index (χ3v) is 3.68. The molecule has 0 atom stereocenters. The zero-order valence-electron chi connectivity index (χ0n) is 10.1. The van der Waals surface area contributed by atoms with Crippen LogP contribution >= 0.6 is 0 Å². The predicted octanol–water partition coefficient (Wildman–Crippen LogP) is 0.822. The average Bonchev–Trinajstić information content (AvgIpc) is 2.01. The monoisotopic (exact) mass is 234 g/mol. The van der Waals surface area contributed by atoms with Crippen molar-refractivity contribution >= 4 is 10.0 Å². The molecule has 0 rings (SSSR count). The minimum Gasteiger partial charge on any atom is -0.313 e. The second kappa shape index (κ2) is 6.25. The van der Waals surface area contributed by atoms with Crippen LogP contribution in [0.15, 0.2) is 12.2 Å². The first-order chi connectivity index (χ1) is 6.75. The van der Waals surface area contributed by atoms with Crippen molar-refractivity contribution in [1.29, 1.82) is 0 Å². The van der Waals surface area contributed by atoms with Crippen LogP contribution in [0.3, 0.4) is 0 Å². The molecule has 0 aliphatic heterocycles. The zero-order valence-corrected chi connectivity index (χ0v) is 10.9. The molecule has 0 spiro atoms. The summed E-state index contributed by atoms with van der Waals surface area (Å²) in [5.74, 6) is 0.134. The number of nitrogens with zero attached hydrogens (tertiary/aromatic N) is 1. The van der Waals surface area contributed by atoms with Gasteiger partial charge in [0.2, 0.25) is 10.0 Å². The number of hydrogen-bond donors (Lipinski definition) is 1. The van der Waals surface area contributed by atoms with Crippen LogP contribution in [-0.2, 0) is 10.0 Å². The molecule has 15 heavy (non-hydrogen) atoms. The third kappa shape index (κ3) is 6.65. The predicted molar refractivity (Wildman–Crippen MR) is 64.4 cm³/mol. The molecule has 0 fully saturated rings. The van der Waals surface area contributed by atoms with E-state index >= 15 is 0 Å². The van der Waals surface area contributed by atoms with E-state index < -0.39 is 10.0 Å². The fourth-order valence-electron chi connectivity index (χ4n) is 1.11. The summed E-state index contributed by atoms with van der Waals surface area (Å²) in [6, 6.07) is 0.312. The standard InChI is InChI=1S/C10H22N2O2S/c1-9(2)8-12(5)15(13,14)7-6-11-10(3)4/h10-11H,1,6-8H2,2-5H3. The summed E-state index contributed by atoms with van der Waals surface area (Å²) in [5, 5.41) is 3.08. The lowest BCUT2D eigenvalue weighted by Crippen LogP contribution is -2.36. The van der Waals surface area contributed by atoms with Gasteiger partial charge < -0.3 is 5.32 Å². The largest absolute Gasteiger partial charge is 0.313 e. The lowest BCUT2D eigenvalue weighted by atomic mass is 10.4. The molecule has 0 aliphatic carbocycles. The highest BCUT2D eigenvalue weighted by Gasteiger charge is 2.16. The zero-order chi connectivity index (χ0) is 12.1. The Morgan fingerprint density at radius 2 is 2.00 bits per heavy atom. The Bertz CT molecular complexity index is 297. The van der Waals surface area contributed by atoms with Gasteiger partial charge in [0.15, 0.2) is 0 Å². The molecule has 0 radical (unpaired) electrons. The van der Waals surface area contributed by atoms with Crippen LogP contribution in [0.2, 0.25) is 0 Å². The SMILES string of the molecule is C=C(C)CN(C)S(=O)(=O)CCNC(C)C. The highest BCUT2D eigenvalue weighted by atomic mass is 32.2. The van der Waals surface area contributed by atoms with Crippen LogP contribution in [0.1, 0.15) is 20.8 Å². The summed E-state index contributed by atoms with van der Waals surface area (Å²) >= 11 is 0. The van der Waals surface area contributed by atoms with E-state index in [1.165, 1.54) is 4.31 Å².